The third-order valence-corrected chi connectivity index (χ3v) is 5.29. The maximum atomic E-state index is 10.6. The topological polar surface area (TPSA) is 46.2 Å². The van der Waals surface area contributed by atoms with Gasteiger partial charge in [0.15, 0.2) is 0 Å². The van der Waals surface area contributed by atoms with Gasteiger partial charge in [0.2, 0.25) is 0 Å². The van der Waals surface area contributed by atoms with Crippen LogP contribution in [0.1, 0.15) is 56.4 Å². The molecule has 1 aromatic rings. The second kappa shape index (κ2) is 8.16. The van der Waals surface area contributed by atoms with Gasteiger partial charge in [0.1, 0.15) is 0 Å². The number of aliphatic hydroxyl groups is 1. The number of aliphatic hydroxyl groups excluding tert-OH is 1. The Bertz CT molecular complexity index is 402. The summed E-state index contributed by atoms with van der Waals surface area (Å²) in [5, 5.41) is 10.6. The first-order valence-corrected chi connectivity index (χ1v) is 8.64. The van der Waals surface area contributed by atoms with Gasteiger partial charge in [-0.3, -0.25) is 0 Å². The van der Waals surface area contributed by atoms with Crippen LogP contribution in [0, 0.1) is 5.92 Å². The Labute approximate surface area is 130 Å². The Kier molecular flexibility index (Phi) is 6.53. The molecule has 2 nitrogen and oxygen atoms in total. The zero-order valence-corrected chi connectivity index (χ0v) is 13.7. The van der Waals surface area contributed by atoms with Crippen LogP contribution in [-0.2, 0) is 0 Å². The van der Waals surface area contributed by atoms with Gasteiger partial charge < -0.3 is 10.8 Å². The highest BCUT2D eigenvalue weighted by Crippen LogP contribution is 2.33. The van der Waals surface area contributed by atoms with Gasteiger partial charge in [0.05, 0.1) is 6.10 Å². The molecule has 1 aliphatic carbocycles. The summed E-state index contributed by atoms with van der Waals surface area (Å²) >= 11 is 3.58. The number of nitrogens with two attached hydrogens (primary N) is 1. The molecule has 1 aliphatic rings. The fourth-order valence-corrected chi connectivity index (χ4v) is 3.95. The summed E-state index contributed by atoms with van der Waals surface area (Å²) in [6, 6.07) is 8.11. The number of hydrogen-bond acceptors (Lipinski definition) is 2. The predicted molar refractivity (Wildman–Crippen MR) is 87.8 cm³/mol. The molecule has 1 saturated carbocycles. The van der Waals surface area contributed by atoms with E-state index in [-0.39, 0.29) is 12.0 Å². The molecule has 112 valence electrons. The number of benzene rings is 1. The van der Waals surface area contributed by atoms with E-state index in [2.05, 4.69) is 22.0 Å². The summed E-state index contributed by atoms with van der Waals surface area (Å²) in [5.74, 6) is 0.706. The Morgan fingerprint density at radius 1 is 1.15 bits per heavy atom. The van der Waals surface area contributed by atoms with Crippen LogP contribution in [0.25, 0.3) is 0 Å². The predicted octanol–water partition coefficient (Wildman–Crippen LogP) is 4.21. The maximum Gasteiger partial charge on any atom is 0.0623 e. The quantitative estimate of drug-likeness (QED) is 0.789. The monoisotopic (exact) mass is 339 g/mol. The lowest BCUT2D eigenvalue weighted by molar-refractivity contribution is 0.111. The van der Waals surface area contributed by atoms with Crippen LogP contribution in [0.5, 0.6) is 0 Å². The average molecular weight is 340 g/mol. The number of rotatable bonds is 5. The van der Waals surface area contributed by atoms with Crippen LogP contribution >= 0.6 is 15.9 Å². The summed E-state index contributed by atoms with van der Waals surface area (Å²) in [6.45, 7) is 0.497. The minimum atomic E-state index is -0.332. The van der Waals surface area contributed by atoms with Crippen molar-refractivity contribution in [2.45, 2.75) is 57.0 Å². The fourth-order valence-electron chi connectivity index (χ4n) is 3.37. The van der Waals surface area contributed by atoms with Crippen molar-refractivity contribution in [2.24, 2.45) is 11.7 Å². The van der Waals surface area contributed by atoms with Crippen LogP contribution in [0.15, 0.2) is 28.7 Å². The minimum Gasteiger partial charge on any atom is -0.392 e. The van der Waals surface area contributed by atoms with Crippen molar-refractivity contribution in [3.05, 3.63) is 34.3 Å². The number of halogens is 1. The van der Waals surface area contributed by atoms with E-state index in [4.69, 9.17) is 5.73 Å². The first-order chi connectivity index (χ1) is 9.72. The van der Waals surface area contributed by atoms with Gasteiger partial charge in [0.25, 0.3) is 0 Å². The molecule has 2 rings (SSSR count). The lowest BCUT2D eigenvalue weighted by Crippen LogP contribution is -2.28. The molecule has 0 heterocycles. The molecule has 20 heavy (non-hydrogen) atoms. The van der Waals surface area contributed by atoms with E-state index in [9.17, 15) is 5.11 Å². The van der Waals surface area contributed by atoms with Crippen molar-refractivity contribution < 1.29 is 5.11 Å². The molecular weight excluding hydrogens is 314 g/mol. The molecule has 0 saturated heterocycles. The molecule has 3 heteroatoms. The van der Waals surface area contributed by atoms with Crippen LogP contribution in [0.2, 0.25) is 0 Å². The van der Waals surface area contributed by atoms with Crippen LogP contribution in [-0.4, -0.2) is 17.8 Å². The molecule has 0 bridgehead atoms. The zero-order chi connectivity index (χ0) is 14.4. The van der Waals surface area contributed by atoms with E-state index in [0.29, 0.717) is 12.5 Å². The van der Waals surface area contributed by atoms with Crippen molar-refractivity contribution in [3.8, 4) is 0 Å². The fraction of sp³-hybridized carbons (Fsp3) is 0.647. The van der Waals surface area contributed by atoms with E-state index in [0.717, 1.165) is 16.5 Å². The highest BCUT2D eigenvalue weighted by Gasteiger charge is 2.25. The second-order valence-corrected chi connectivity index (χ2v) is 6.88. The van der Waals surface area contributed by atoms with Crippen molar-refractivity contribution in [1.29, 1.82) is 0 Å². The van der Waals surface area contributed by atoms with Crippen molar-refractivity contribution in [1.82, 2.24) is 0 Å². The molecule has 0 aromatic heterocycles. The van der Waals surface area contributed by atoms with Gasteiger partial charge in [-0.2, -0.15) is 0 Å². The molecule has 1 fully saturated rings. The molecule has 0 amide bonds. The van der Waals surface area contributed by atoms with Crippen LogP contribution in [0.3, 0.4) is 0 Å². The third-order valence-electron chi connectivity index (χ3n) is 4.57. The molecule has 3 N–H and O–H groups in total. The van der Waals surface area contributed by atoms with Crippen LogP contribution < -0.4 is 5.73 Å². The summed E-state index contributed by atoms with van der Waals surface area (Å²) in [4.78, 5) is 0. The smallest absolute Gasteiger partial charge is 0.0623 e. The van der Waals surface area contributed by atoms with E-state index >= 15 is 0 Å². The third kappa shape index (κ3) is 4.31. The van der Waals surface area contributed by atoms with E-state index in [1.807, 2.05) is 18.2 Å². The molecule has 0 spiro atoms. The van der Waals surface area contributed by atoms with Crippen molar-refractivity contribution in [2.75, 3.05) is 6.54 Å². The van der Waals surface area contributed by atoms with Crippen molar-refractivity contribution in [3.63, 3.8) is 0 Å². The Morgan fingerprint density at radius 2 is 1.80 bits per heavy atom. The summed E-state index contributed by atoms with van der Waals surface area (Å²) in [6.07, 6.45) is 8.45. The van der Waals surface area contributed by atoms with Crippen molar-refractivity contribution >= 4 is 15.9 Å². The Morgan fingerprint density at radius 3 is 2.40 bits per heavy atom. The van der Waals surface area contributed by atoms with E-state index in [1.54, 1.807) is 0 Å². The van der Waals surface area contributed by atoms with Gasteiger partial charge in [-0.05, 0) is 24.0 Å². The van der Waals surface area contributed by atoms with E-state index in [1.165, 1.54) is 38.5 Å². The van der Waals surface area contributed by atoms with E-state index < -0.39 is 0 Å². The molecular formula is C17H26BrNO. The molecule has 2 unspecified atom stereocenters. The second-order valence-electron chi connectivity index (χ2n) is 6.02. The first kappa shape index (κ1) is 16.0. The first-order valence-electron chi connectivity index (χ1n) is 7.85. The molecule has 0 aliphatic heterocycles. The maximum absolute atomic E-state index is 10.6. The lowest BCUT2D eigenvalue weighted by Gasteiger charge is -2.26. The summed E-state index contributed by atoms with van der Waals surface area (Å²) in [7, 11) is 0. The van der Waals surface area contributed by atoms with Gasteiger partial charge in [-0.1, -0.05) is 72.7 Å². The van der Waals surface area contributed by atoms with Gasteiger partial charge >= 0.3 is 0 Å². The summed E-state index contributed by atoms with van der Waals surface area (Å²) < 4.78 is 1.05. The molecule has 0 radical (unpaired) electrons. The number of hydrogen-bond donors (Lipinski definition) is 2. The summed E-state index contributed by atoms with van der Waals surface area (Å²) in [5.41, 5.74) is 7.07. The Balaban J connectivity index is 2.01. The molecule has 2 atom stereocenters. The largest absolute Gasteiger partial charge is 0.392 e. The SMILES string of the molecule is NCC(c1ccccc1Br)C(O)CC1CCCCCC1. The normalized spacial score (nSPS) is 20.4. The lowest BCUT2D eigenvalue weighted by atomic mass is 9.85. The average Bonchev–Trinajstić information content (AvgIpc) is 2.70. The molecule has 1 aromatic carbocycles. The minimum absolute atomic E-state index is 0.0360. The highest BCUT2D eigenvalue weighted by molar-refractivity contribution is 9.10. The van der Waals surface area contributed by atoms with Gasteiger partial charge in [-0.25, -0.2) is 0 Å². The Hall–Kier alpha value is -0.380. The van der Waals surface area contributed by atoms with Crippen LogP contribution in [0.4, 0.5) is 0 Å². The standard InChI is InChI=1S/C17H26BrNO/c18-16-10-6-5-9-14(16)15(12-19)17(20)11-13-7-3-1-2-4-8-13/h5-6,9-10,13,15,17,20H,1-4,7-8,11-12,19H2. The highest BCUT2D eigenvalue weighted by atomic mass is 79.9. The zero-order valence-electron chi connectivity index (χ0n) is 12.1. The van der Waals surface area contributed by atoms with Gasteiger partial charge in [-0.15, -0.1) is 0 Å². The van der Waals surface area contributed by atoms with Gasteiger partial charge in [0, 0.05) is 16.9 Å².